The number of carbonyl (C=O) groups is 1. The van der Waals surface area contributed by atoms with E-state index in [4.69, 9.17) is 0 Å². The van der Waals surface area contributed by atoms with E-state index in [0.717, 1.165) is 40.6 Å². The molecule has 0 aromatic heterocycles. The average molecular weight is 317 g/mol. The molecule has 2 nitrogen and oxygen atoms in total. The topological polar surface area (TPSA) is 20.3 Å². The van der Waals surface area contributed by atoms with Crippen molar-refractivity contribution in [3.63, 3.8) is 0 Å². The minimum Gasteiger partial charge on any atom is -0.371 e. The van der Waals surface area contributed by atoms with Gasteiger partial charge in [0.25, 0.3) is 0 Å². The molecule has 0 atom stereocenters. The first-order valence-electron chi connectivity index (χ1n) is 8.54. The zero-order valence-electron chi connectivity index (χ0n) is 14.5. The first-order valence-corrected chi connectivity index (χ1v) is 8.54. The summed E-state index contributed by atoms with van der Waals surface area (Å²) in [6.07, 6.45) is 0. The van der Waals surface area contributed by atoms with Crippen molar-refractivity contribution in [2.24, 2.45) is 0 Å². The molecule has 122 valence electrons. The standard InChI is InChI=1S/C22H23NO/c1-4-23(5-2)21-16(3)15-20(18-13-9-10-14-19(18)21)22(24)17-11-7-6-8-12-17/h6-15H,4-5H2,1-3H3. The predicted molar refractivity (Wildman–Crippen MR) is 102 cm³/mol. The molecule has 3 aromatic carbocycles. The van der Waals surface area contributed by atoms with Crippen LogP contribution in [0.1, 0.15) is 35.3 Å². The number of nitrogens with zero attached hydrogens (tertiary/aromatic N) is 1. The largest absolute Gasteiger partial charge is 0.371 e. The highest BCUT2D eigenvalue weighted by Gasteiger charge is 2.18. The summed E-state index contributed by atoms with van der Waals surface area (Å²) >= 11 is 0. The molecule has 0 fully saturated rings. The summed E-state index contributed by atoms with van der Waals surface area (Å²) in [5.41, 5.74) is 3.90. The Morgan fingerprint density at radius 1 is 0.875 bits per heavy atom. The van der Waals surface area contributed by atoms with Gasteiger partial charge in [0.05, 0.1) is 0 Å². The van der Waals surface area contributed by atoms with Crippen LogP contribution in [0.4, 0.5) is 5.69 Å². The number of hydrogen-bond acceptors (Lipinski definition) is 2. The maximum atomic E-state index is 13.0. The second-order valence-corrected chi connectivity index (χ2v) is 6.00. The molecule has 0 aliphatic heterocycles. The Labute approximate surface area is 143 Å². The van der Waals surface area contributed by atoms with Gasteiger partial charge < -0.3 is 4.90 Å². The number of benzene rings is 3. The first kappa shape index (κ1) is 16.3. The Bertz CT molecular complexity index is 864. The van der Waals surface area contributed by atoms with Crippen LogP contribution >= 0.6 is 0 Å². The molecule has 0 saturated carbocycles. The van der Waals surface area contributed by atoms with E-state index in [2.05, 4.69) is 37.8 Å². The monoisotopic (exact) mass is 317 g/mol. The zero-order chi connectivity index (χ0) is 17.1. The van der Waals surface area contributed by atoms with E-state index < -0.39 is 0 Å². The summed E-state index contributed by atoms with van der Waals surface area (Å²) in [6.45, 7) is 8.34. The molecule has 2 heteroatoms. The molecule has 0 spiro atoms. The third-order valence-corrected chi connectivity index (χ3v) is 4.57. The summed E-state index contributed by atoms with van der Waals surface area (Å²) in [6, 6.07) is 19.8. The molecular weight excluding hydrogens is 294 g/mol. The van der Waals surface area contributed by atoms with Crippen LogP contribution in [0.15, 0.2) is 60.7 Å². The van der Waals surface area contributed by atoms with E-state index in [0.29, 0.717) is 0 Å². The van der Waals surface area contributed by atoms with Gasteiger partial charge in [0.2, 0.25) is 0 Å². The quantitative estimate of drug-likeness (QED) is 0.601. The Morgan fingerprint density at radius 3 is 2.08 bits per heavy atom. The van der Waals surface area contributed by atoms with Gasteiger partial charge in [-0.2, -0.15) is 0 Å². The van der Waals surface area contributed by atoms with Gasteiger partial charge >= 0.3 is 0 Å². The smallest absolute Gasteiger partial charge is 0.193 e. The van der Waals surface area contributed by atoms with Crippen LogP contribution in [-0.2, 0) is 0 Å². The lowest BCUT2D eigenvalue weighted by Gasteiger charge is -2.26. The van der Waals surface area contributed by atoms with Gasteiger partial charge in [-0.1, -0.05) is 54.6 Å². The molecule has 0 bridgehead atoms. The van der Waals surface area contributed by atoms with Gasteiger partial charge in [0.1, 0.15) is 0 Å². The molecule has 0 amide bonds. The lowest BCUT2D eigenvalue weighted by Crippen LogP contribution is -2.23. The number of rotatable bonds is 5. The lowest BCUT2D eigenvalue weighted by molar-refractivity contribution is 0.104. The fraction of sp³-hybridized carbons (Fsp3) is 0.227. The number of aryl methyl sites for hydroxylation is 1. The van der Waals surface area contributed by atoms with Crippen LogP contribution in [0.2, 0.25) is 0 Å². The molecule has 0 heterocycles. The van der Waals surface area contributed by atoms with Crippen molar-refractivity contribution < 1.29 is 4.79 Å². The molecule has 0 aliphatic rings. The third-order valence-electron chi connectivity index (χ3n) is 4.57. The summed E-state index contributed by atoms with van der Waals surface area (Å²) in [4.78, 5) is 15.4. The number of fused-ring (bicyclic) bond motifs is 1. The van der Waals surface area contributed by atoms with Gasteiger partial charge in [-0.05, 0) is 37.8 Å². The summed E-state index contributed by atoms with van der Waals surface area (Å²) in [5.74, 6) is 0.0843. The molecule has 0 unspecified atom stereocenters. The van der Waals surface area contributed by atoms with Crippen molar-refractivity contribution in [1.82, 2.24) is 0 Å². The molecule has 0 radical (unpaired) electrons. The molecule has 3 aromatic rings. The SMILES string of the molecule is CCN(CC)c1c(C)cc(C(=O)c2ccccc2)c2ccccc12. The second kappa shape index (κ2) is 6.88. The summed E-state index contributed by atoms with van der Waals surface area (Å²) < 4.78 is 0. The van der Waals surface area contributed by atoms with Crippen molar-refractivity contribution in [1.29, 1.82) is 0 Å². The Kier molecular flexibility index (Phi) is 4.66. The lowest BCUT2D eigenvalue weighted by atomic mass is 9.93. The Morgan fingerprint density at radius 2 is 1.46 bits per heavy atom. The fourth-order valence-electron chi connectivity index (χ4n) is 3.39. The van der Waals surface area contributed by atoms with E-state index in [-0.39, 0.29) is 5.78 Å². The Balaban J connectivity index is 2.25. The maximum Gasteiger partial charge on any atom is 0.193 e. The highest BCUT2D eigenvalue weighted by molar-refractivity contribution is 6.18. The van der Waals surface area contributed by atoms with Crippen molar-refractivity contribution >= 4 is 22.2 Å². The zero-order valence-corrected chi connectivity index (χ0v) is 14.5. The number of anilines is 1. The number of carbonyl (C=O) groups excluding carboxylic acids is 1. The first-order chi connectivity index (χ1) is 11.7. The van der Waals surface area contributed by atoms with E-state index in [1.165, 1.54) is 5.69 Å². The average Bonchev–Trinajstić information content (AvgIpc) is 2.64. The normalized spacial score (nSPS) is 10.8. The fourth-order valence-corrected chi connectivity index (χ4v) is 3.39. The van der Waals surface area contributed by atoms with E-state index in [1.807, 2.05) is 48.5 Å². The molecule has 3 rings (SSSR count). The van der Waals surface area contributed by atoms with Crippen LogP contribution in [0.25, 0.3) is 10.8 Å². The van der Waals surface area contributed by atoms with E-state index >= 15 is 0 Å². The van der Waals surface area contributed by atoms with Crippen LogP contribution in [-0.4, -0.2) is 18.9 Å². The molecule has 0 N–H and O–H groups in total. The molecule has 0 aliphatic carbocycles. The van der Waals surface area contributed by atoms with Crippen molar-refractivity contribution in [2.75, 3.05) is 18.0 Å². The second-order valence-electron chi connectivity index (χ2n) is 6.00. The molecule has 24 heavy (non-hydrogen) atoms. The Hall–Kier alpha value is -2.61. The predicted octanol–water partition coefficient (Wildman–Crippen LogP) is 5.23. The number of ketones is 1. The van der Waals surface area contributed by atoms with Gasteiger partial charge in [0.15, 0.2) is 5.78 Å². The maximum absolute atomic E-state index is 13.0. The minimum atomic E-state index is 0.0843. The van der Waals surface area contributed by atoms with Gasteiger partial charge in [-0.3, -0.25) is 4.79 Å². The van der Waals surface area contributed by atoms with Gasteiger partial charge in [0, 0.05) is 35.3 Å². The summed E-state index contributed by atoms with van der Waals surface area (Å²) in [5, 5.41) is 2.18. The minimum absolute atomic E-state index is 0.0843. The third kappa shape index (κ3) is 2.80. The van der Waals surface area contributed by atoms with Gasteiger partial charge in [-0.15, -0.1) is 0 Å². The van der Waals surface area contributed by atoms with Crippen LogP contribution in [0.5, 0.6) is 0 Å². The van der Waals surface area contributed by atoms with Crippen molar-refractivity contribution in [2.45, 2.75) is 20.8 Å². The number of hydrogen-bond donors (Lipinski definition) is 0. The molecule has 0 saturated heterocycles. The van der Waals surface area contributed by atoms with Crippen LogP contribution in [0.3, 0.4) is 0 Å². The highest BCUT2D eigenvalue weighted by atomic mass is 16.1. The van der Waals surface area contributed by atoms with Crippen LogP contribution < -0.4 is 4.90 Å². The van der Waals surface area contributed by atoms with Crippen molar-refractivity contribution in [3.05, 3.63) is 77.4 Å². The summed E-state index contributed by atoms with van der Waals surface area (Å²) in [7, 11) is 0. The highest BCUT2D eigenvalue weighted by Crippen LogP contribution is 2.34. The van der Waals surface area contributed by atoms with E-state index in [9.17, 15) is 4.79 Å². The van der Waals surface area contributed by atoms with Crippen LogP contribution in [0, 0.1) is 6.92 Å². The van der Waals surface area contributed by atoms with Crippen molar-refractivity contribution in [3.8, 4) is 0 Å². The van der Waals surface area contributed by atoms with E-state index in [1.54, 1.807) is 0 Å². The van der Waals surface area contributed by atoms with Gasteiger partial charge in [-0.25, -0.2) is 0 Å². The molecular formula is C22H23NO.